The number of carbonyl (C=O) groups is 1. The molecule has 0 saturated heterocycles. The molecule has 0 fully saturated rings. The first-order chi connectivity index (χ1) is 9.91. The number of nitrogens with zero attached hydrogens (tertiary/aromatic N) is 4. The molecule has 0 aliphatic heterocycles. The van der Waals surface area contributed by atoms with Crippen molar-refractivity contribution in [3.8, 4) is 0 Å². The van der Waals surface area contributed by atoms with Crippen LogP contribution in [-0.2, 0) is 4.79 Å². The predicted molar refractivity (Wildman–Crippen MR) is 80.4 cm³/mol. The van der Waals surface area contributed by atoms with Crippen LogP contribution in [0, 0.1) is 10.1 Å². The van der Waals surface area contributed by atoms with Crippen molar-refractivity contribution < 1.29 is 9.72 Å². The number of aromatic nitrogens is 1. The number of pyridine rings is 1. The largest absolute Gasteiger partial charge is 0.364 e. The zero-order chi connectivity index (χ0) is 15.6. The van der Waals surface area contributed by atoms with E-state index in [4.69, 9.17) is 0 Å². The van der Waals surface area contributed by atoms with Crippen molar-refractivity contribution in [2.75, 3.05) is 32.6 Å². The fraction of sp³-hybridized carbons (Fsp3) is 0.286. The summed E-state index contributed by atoms with van der Waals surface area (Å²) in [6, 6.07) is 6.38. The summed E-state index contributed by atoms with van der Waals surface area (Å²) in [5.74, 6) is -0.0556. The lowest BCUT2D eigenvalue weighted by Crippen LogP contribution is -2.34. The Bertz CT molecular complexity index is 700. The molecule has 0 atom stereocenters. The van der Waals surface area contributed by atoms with Gasteiger partial charge in [0, 0.05) is 33.4 Å². The van der Waals surface area contributed by atoms with Crippen molar-refractivity contribution in [2.24, 2.45) is 0 Å². The zero-order valence-electron chi connectivity index (χ0n) is 12.1. The molecule has 7 nitrogen and oxygen atoms in total. The van der Waals surface area contributed by atoms with Crippen molar-refractivity contribution in [3.63, 3.8) is 0 Å². The van der Waals surface area contributed by atoms with Gasteiger partial charge in [-0.25, -0.2) is 0 Å². The highest BCUT2D eigenvalue weighted by molar-refractivity contribution is 5.98. The lowest BCUT2D eigenvalue weighted by atomic mass is 10.1. The fourth-order valence-corrected chi connectivity index (χ4v) is 2.04. The molecular formula is C14H16N4O3. The third-order valence-electron chi connectivity index (χ3n) is 3.20. The van der Waals surface area contributed by atoms with Crippen LogP contribution >= 0.6 is 0 Å². The number of benzene rings is 1. The smallest absolute Gasteiger partial charge is 0.278 e. The Morgan fingerprint density at radius 1 is 1.29 bits per heavy atom. The van der Waals surface area contributed by atoms with Gasteiger partial charge in [0.25, 0.3) is 5.69 Å². The van der Waals surface area contributed by atoms with E-state index in [0.29, 0.717) is 16.6 Å². The van der Waals surface area contributed by atoms with Crippen molar-refractivity contribution in [1.29, 1.82) is 0 Å². The highest BCUT2D eigenvalue weighted by Crippen LogP contribution is 2.31. The average molecular weight is 288 g/mol. The first kappa shape index (κ1) is 14.7. The standard InChI is InChI=1S/C14H16N4O3/c1-16(2)13(19)9-17(3)12-7-6-11(18(20)21)10-5-4-8-15-14(10)12/h4-8H,9H2,1-3H3. The predicted octanol–water partition coefficient (Wildman–Crippen LogP) is 1.67. The highest BCUT2D eigenvalue weighted by atomic mass is 16.6. The molecule has 1 aromatic carbocycles. The molecule has 0 saturated carbocycles. The summed E-state index contributed by atoms with van der Waals surface area (Å²) in [6.45, 7) is 0.177. The van der Waals surface area contributed by atoms with Gasteiger partial charge >= 0.3 is 0 Å². The van der Waals surface area contributed by atoms with E-state index in [2.05, 4.69) is 4.98 Å². The van der Waals surface area contributed by atoms with Gasteiger partial charge in [0.05, 0.1) is 22.5 Å². The van der Waals surface area contributed by atoms with Gasteiger partial charge in [0.1, 0.15) is 5.52 Å². The van der Waals surface area contributed by atoms with Crippen LogP contribution in [0.1, 0.15) is 0 Å². The van der Waals surface area contributed by atoms with E-state index >= 15 is 0 Å². The number of nitro groups is 1. The first-order valence-electron chi connectivity index (χ1n) is 6.35. The summed E-state index contributed by atoms with van der Waals surface area (Å²) in [5, 5.41) is 11.5. The molecule has 2 rings (SSSR count). The maximum atomic E-state index is 11.8. The van der Waals surface area contributed by atoms with Crippen LogP contribution in [0.15, 0.2) is 30.5 Å². The van der Waals surface area contributed by atoms with E-state index in [-0.39, 0.29) is 18.1 Å². The number of anilines is 1. The zero-order valence-corrected chi connectivity index (χ0v) is 12.1. The third-order valence-corrected chi connectivity index (χ3v) is 3.20. The molecule has 2 aromatic rings. The topological polar surface area (TPSA) is 79.6 Å². The molecule has 1 amide bonds. The number of hydrogen-bond donors (Lipinski definition) is 0. The van der Waals surface area contributed by atoms with Crippen LogP contribution in [0.4, 0.5) is 11.4 Å². The molecule has 0 aliphatic rings. The van der Waals surface area contributed by atoms with Crippen molar-refractivity contribution in [3.05, 3.63) is 40.6 Å². The Kier molecular flexibility index (Phi) is 4.02. The van der Waals surface area contributed by atoms with E-state index < -0.39 is 4.92 Å². The van der Waals surface area contributed by atoms with Crippen LogP contribution in [-0.4, -0.2) is 48.4 Å². The summed E-state index contributed by atoms with van der Waals surface area (Å²) in [5.41, 5.74) is 1.21. The number of nitro benzene ring substituents is 1. The van der Waals surface area contributed by atoms with E-state index in [9.17, 15) is 14.9 Å². The minimum atomic E-state index is -0.432. The first-order valence-corrected chi connectivity index (χ1v) is 6.35. The lowest BCUT2D eigenvalue weighted by molar-refractivity contribution is -0.383. The highest BCUT2D eigenvalue weighted by Gasteiger charge is 2.18. The molecule has 1 heterocycles. The minimum Gasteiger partial charge on any atom is -0.364 e. The number of carbonyl (C=O) groups excluding carboxylic acids is 1. The van der Waals surface area contributed by atoms with Gasteiger partial charge in [0.2, 0.25) is 5.91 Å². The second-order valence-electron chi connectivity index (χ2n) is 4.90. The molecule has 21 heavy (non-hydrogen) atoms. The molecule has 0 unspecified atom stereocenters. The minimum absolute atomic E-state index is 0.00851. The summed E-state index contributed by atoms with van der Waals surface area (Å²) in [6.07, 6.45) is 1.58. The SMILES string of the molecule is CN(C)C(=O)CN(C)c1ccc([N+](=O)[O-])c2cccnc12. The van der Waals surface area contributed by atoms with Crippen molar-refractivity contribution in [1.82, 2.24) is 9.88 Å². The monoisotopic (exact) mass is 288 g/mol. The number of hydrogen-bond acceptors (Lipinski definition) is 5. The molecule has 0 N–H and O–H groups in total. The van der Waals surface area contributed by atoms with Gasteiger partial charge in [-0.3, -0.25) is 19.9 Å². The van der Waals surface area contributed by atoms with Crippen molar-refractivity contribution >= 4 is 28.2 Å². The summed E-state index contributed by atoms with van der Waals surface area (Å²) in [4.78, 5) is 29.9. The van der Waals surface area contributed by atoms with Crippen LogP contribution < -0.4 is 4.90 Å². The Morgan fingerprint density at radius 3 is 2.62 bits per heavy atom. The van der Waals surface area contributed by atoms with E-state index in [1.807, 2.05) is 0 Å². The van der Waals surface area contributed by atoms with E-state index in [0.717, 1.165) is 0 Å². The molecule has 0 spiro atoms. The van der Waals surface area contributed by atoms with Crippen LogP contribution in [0.25, 0.3) is 10.9 Å². The van der Waals surface area contributed by atoms with Crippen LogP contribution in [0.3, 0.4) is 0 Å². The molecule has 0 aliphatic carbocycles. The molecule has 0 bridgehead atoms. The second-order valence-corrected chi connectivity index (χ2v) is 4.90. The summed E-state index contributed by atoms with van der Waals surface area (Å²) in [7, 11) is 5.13. The van der Waals surface area contributed by atoms with Gasteiger partial charge in [-0.1, -0.05) is 0 Å². The molecule has 1 aromatic heterocycles. The molecule has 0 radical (unpaired) electrons. The maximum absolute atomic E-state index is 11.8. The Labute approximate surface area is 121 Å². The second kappa shape index (κ2) is 5.74. The van der Waals surface area contributed by atoms with Gasteiger partial charge < -0.3 is 9.80 Å². The number of fused-ring (bicyclic) bond motifs is 1. The van der Waals surface area contributed by atoms with Gasteiger partial charge in [0.15, 0.2) is 0 Å². The third kappa shape index (κ3) is 2.91. The van der Waals surface area contributed by atoms with Crippen LogP contribution in [0.5, 0.6) is 0 Å². The van der Waals surface area contributed by atoms with Gasteiger partial charge in [-0.2, -0.15) is 0 Å². The molecule has 110 valence electrons. The number of likely N-dealkylation sites (N-methyl/N-ethyl adjacent to an activating group) is 2. The normalized spacial score (nSPS) is 10.4. The van der Waals surface area contributed by atoms with E-state index in [1.54, 1.807) is 50.4 Å². The van der Waals surface area contributed by atoms with Gasteiger partial charge in [-0.15, -0.1) is 0 Å². The molecular weight excluding hydrogens is 272 g/mol. The average Bonchev–Trinajstić information content (AvgIpc) is 2.45. The fourth-order valence-electron chi connectivity index (χ4n) is 2.04. The van der Waals surface area contributed by atoms with Gasteiger partial charge in [-0.05, 0) is 18.2 Å². The van der Waals surface area contributed by atoms with Crippen LogP contribution in [0.2, 0.25) is 0 Å². The Hall–Kier alpha value is -2.70. The number of rotatable bonds is 4. The number of amides is 1. The van der Waals surface area contributed by atoms with E-state index in [1.165, 1.54) is 11.0 Å². The summed E-state index contributed by atoms with van der Waals surface area (Å²) < 4.78 is 0. The molecule has 7 heteroatoms. The maximum Gasteiger partial charge on any atom is 0.278 e. The lowest BCUT2D eigenvalue weighted by Gasteiger charge is -2.21. The Morgan fingerprint density at radius 2 is 2.00 bits per heavy atom. The quantitative estimate of drug-likeness (QED) is 0.631. The van der Waals surface area contributed by atoms with Crippen molar-refractivity contribution in [2.45, 2.75) is 0 Å². The summed E-state index contributed by atoms with van der Waals surface area (Å²) >= 11 is 0. The number of non-ortho nitro benzene ring substituents is 1. The Balaban J connectivity index is 2.48.